The molecule has 0 radical (unpaired) electrons. The fraction of sp³-hybridized carbons (Fsp3) is 0.600. The van der Waals surface area contributed by atoms with Gasteiger partial charge in [-0.25, -0.2) is 9.79 Å². The normalized spacial score (nSPS) is 19.2. The van der Waals surface area contributed by atoms with E-state index in [2.05, 4.69) is 4.99 Å². The molecule has 12 heteroatoms. The fourth-order valence-electron chi connectivity index (χ4n) is 4.89. The Kier molecular flexibility index (Phi) is 9.97. The highest BCUT2D eigenvalue weighted by atomic mass is 35.5. The Morgan fingerprint density at radius 3 is 2.54 bits per heavy atom. The van der Waals surface area contributed by atoms with Crippen LogP contribution in [-0.2, 0) is 19.1 Å². The predicted molar refractivity (Wildman–Crippen MR) is 142 cm³/mol. The van der Waals surface area contributed by atoms with Crippen LogP contribution in [0.4, 0.5) is 0 Å². The average molecular weight is 552 g/mol. The lowest BCUT2D eigenvalue weighted by Crippen LogP contribution is -2.55. The maximum absolute atomic E-state index is 13.9. The highest BCUT2D eigenvalue weighted by molar-refractivity contribution is 7.15. The highest BCUT2D eigenvalue weighted by Gasteiger charge is 2.43. The second kappa shape index (κ2) is 12.7. The second-order valence-corrected chi connectivity index (χ2v) is 10.9. The summed E-state index contributed by atoms with van der Waals surface area (Å²) in [5.74, 6) is -2.24. The number of likely N-dealkylation sites (tertiary alicyclic amines) is 1. The summed E-state index contributed by atoms with van der Waals surface area (Å²) in [4.78, 5) is 59.4. The zero-order valence-electron chi connectivity index (χ0n) is 21.4. The largest absolute Gasteiger partial charge is 0.462 e. The molecule has 3 rings (SSSR count). The zero-order valence-corrected chi connectivity index (χ0v) is 23.0. The third-order valence-corrected chi connectivity index (χ3v) is 8.23. The maximum Gasteiger partial charge on any atom is 0.349 e. The van der Waals surface area contributed by atoms with Gasteiger partial charge in [0.15, 0.2) is 5.84 Å². The number of carbonyl (C=O) groups is 4. The number of hydrogen-bond acceptors (Lipinski definition) is 8. The third-order valence-electron chi connectivity index (χ3n) is 6.65. The molecule has 202 valence electrons. The van der Waals surface area contributed by atoms with Gasteiger partial charge in [0.1, 0.15) is 17.1 Å². The van der Waals surface area contributed by atoms with Gasteiger partial charge in [0, 0.05) is 17.5 Å². The Morgan fingerprint density at radius 1 is 1.24 bits per heavy atom. The van der Waals surface area contributed by atoms with E-state index >= 15 is 0 Å². The van der Waals surface area contributed by atoms with Crippen LogP contribution in [0.15, 0.2) is 4.99 Å². The van der Waals surface area contributed by atoms with E-state index in [0.29, 0.717) is 37.1 Å². The van der Waals surface area contributed by atoms with E-state index in [1.165, 1.54) is 9.80 Å². The van der Waals surface area contributed by atoms with Crippen molar-refractivity contribution < 1.29 is 23.9 Å². The van der Waals surface area contributed by atoms with Crippen molar-refractivity contribution in [2.75, 3.05) is 13.2 Å². The van der Waals surface area contributed by atoms with Crippen LogP contribution >= 0.6 is 22.9 Å². The van der Waals surface area contributed by atoms with Crippen LogP contribution in [0, 0.1) is 12.3 Å². The molecule has 1 saturated carbocycles. The molecule has 2 heterocycles. The monoisotopic (exact) mass is 551 g/mol. The third kappa shape index (κ3) is 6.45. The lowest BCUT2D eigenvalue weighted by molar-refractivity contribution is -0.144. The van der Waals surface area contributed by atoms with Gasteiger partial charge in [-0.3, -0.25) is 24.7 Å². The maximum atomic E-state index is 13.9. The number of amidine groups is 1. The molecule has 1 aromatic rings. The van der Waals surface area contributed by atoms with Gasteiger partial charge in [-0.1, -0.05) is 30.9 Å². The zero-order chi connectivity index (χ0) is 27.3. The molecule has 3 amide bonds. The molecular weight excluding hydrogens is 518 g/mol. The lowest BCUT2D eigenvalue weighted by atomic mass is 9.93. The fourth-order valence-corrected chi connectivity index (χ4v) is 6.36. The Balaban J connectivity index is 1.94. The van der Waals surface area contributed by atoms with Gasteiger partial charge < -0.3 is 15.4 Å². The van der Waals surface area contributed by atoms with Crippen LogP contribution in [0.25, 0.3) is 0 Å². The minimum atomic E-state index is -0.754. The number of nitrogens with one attached hydrogen (secondary N) is 1. The molecule has 1 aliphatic heterocycles. The summed E-state index contributed by atoms with van der Waals surface area (Å²) in [5, 5.41) is 8.31. The van der Waals surface area contributed by atoms with E-state index in [4.69, 9.17) is 27.5 Å². The van der Waals surface area contributed by atoms with Crippen LogP contribution in [0.1, 0.15) is 78.9 Å². The van der Waals surface area contributed by atoms with Crippen molar-refractivity contribution in [1.29, 1.82) is 5.41 Å². The van der Waals surface area contributed by atoms with E-state index in [9.17, 15) is 19.2 Å². The second-order valence-electron chi connectivity index (χ2n) is 9.32. The summed E-state index contributed by atoms with van der Waals surface area (Å²) in [6, 6.07) is -1.80. The molecule has 0 unspecified atom stereocenters. The van der Waals surface area contributed by atoms with Crippen molar-refractivity contribution in [3.8, 4) is 0 Å². The molecule has 1 saturated heterocycles. The summed E-state index contributed by atoms with van der Waals surface area (Å²) in [6.07, 6.45) is 6.19. The number of amides is 3. The molecule has 1 aromatic heterocycles. The van der Waals surface area contributed by atoms with E-state index in [1.807, 2.05) is 0 Å². The quantitative estimate of drug-likeness (QED) is 0.230. The van der Waals surface area contributed by atoms with Gasteiger partial charge in [0.25, 0.3) is 11.8 Å². The van der Waals surface area contributed by atoms with Gasteiger partial charge in [0.2, 0.25) is 5.91 Å². The van der Waals surface area contributed by atoms with Crippen LogP contribution in [-0.4, -0.2) is 76.8 Å². The molecular formula is C25H34ClN5O5S. The molecule has 0 aromatic carbocycles. The van der Waals surface area contributed by atoms with Gasteiger partial charge in [-0.2, -0.15) is 0 Å². The molecule has 2 atom stereocenters. The number of aryl methyl sites for hydroxylation is 1. The van der Waals surface area contributed by atoms with Crippen LogP contribution in [0.5, 0.6) is 0 Å². The van der Waals surface area contributed by atoms with Crippen molar-refractivity contribution in [3.05, 3.63) is 20.3 Å². The topological polar surface area (TPSA) is 146 Å². The lowest BCUT2D eigenvalue weighted by Gasteiger charge is -2.36. The summed E-state index contributed by atoms with van der Waals surface area (Å²) in [5.41, 5.74) is 6.04. The first kappa shape index (κ1) is 28.9. The van der Waals surface area contributed by atoms with Crippen LogP contribution in [0.3, 0.4) is 0 Å². The summed E-state index contributed by atoms with van der Waals surface area (Å²) >= 11 is 7.68. The number of nitrogens with two attached hydrogens (primary N) is 1. The SMILES string of the molecule is CCOC(=O)C=NC(=N)c1c(C)sc(C(=O)N(C(=O)[C@@H]2CCCN2C(=O)[C@H](C)N)C2CCCCC2)c1Cl. The first-order valence-corrected chi connectivity index (χ1v) is 13.8. The van der Waals surface area contributed by atoms with Gasteiger partial charge in [0.05, 0.1) is 23.2 Å². The molecule has 2 fully saturated rings. The van der Waals surface area contributed by atoms with Crippen LogP contribution < -0.4 is 5.73 Å². The summed E-state index contributed by atoms with van der Waals surface area (Å²) < 4.78 is 4.80. The smallest absolute Gasteiger partial charge is 0.349 e. The minimum Gasteiger partial charge on any atom is -0.462 e. The number of esters is 1. The van der Waals surface area contributed by atoms with Crippen molar-refractivity contribution in [2.45, 2.75) is 83.8 Å². The first-order chi connectivity index (χ1) is 17.6. The molecule has 2 aliphatic rings. The average Bonchev–Trinajstić information content (AvgIpc) is 3.47. The van der Waals surface area contributed by atoms with Gasteiger partial charge >= 0.3 is 5.97 Å². The van der Waals surface area contributed by atoms with E-state index in [-0.39, 0.29) is 39.9 Å². The Labute approximate surface area is 225 Å². The molecule has 0 bridgehead atoms. The Morgan fingerprint density at radius 2 is 1.92 bits per heavy atom. The van der Waals surface area contributed by atoms with Crippen LogP contribution in [0.2, 0.25) is 5.02 Å². The minimum absolute atomic E-state index is 0.0158. The van der Waals surface area contributed by atoms with E-state index in [1.54, 1.807) is 20.8 Å². The molecule has 1 aliphatic carbocycles. The van der Waals surface area contributed by atoms with Crippen molar-refractivity contribution >= 4 is 58.7 Å². The number of halogens is 1. The first-order valence-electron chi connectivity index (χ1n) is 12.6. The number of ether oxygens (including phenoxy) is 1. The van der Waals surface area contributed by atoms with E-state index in [0.717, 1.165) is 36.8 Å². The number of aliphatic imine (C=N–C) groups is 1. The summed E-state index contributed by atoms with van der Waals surface area (Å²) in [7, 11) is 0. The number of thiophene rings is 1. The van der Waals surface area contributed by atoms with Gasteiger partial charge in [-0.05, 0) is 46.5 Å². The number of nitrogens with zero attached hydrogens (tertiary/aromatic N) is 3. The van der Waals surface area contributed by atoms with Crippen molar-refractivity contribution in [1.82, 2.24) is 9.80 Å². The van der Waals surface area contributed by atoms with E-state index < -0.39 is 29.9 Å². The number of rotatable bonds is 7. The van der Waals surface area contributed by atoms with Gasteiger partial charge in [-0.15, -0.1) is 11.3 Å². The summed E-state index contributed by atoms with van der Waals surface area (Å²) in [6.45, 7) is 5.53. The van der Waals surface area contributed by atoms with Crippen molar-refractivity contribution in [3.63, 3.8) is 0 Å². The standard InChI is InChI=1S/C25H34ClN5O5S/c1-4-36-18(32)13-29-22(28)19-15(3)37-21(20(19)26)25(35)31(16-9-6-5-7-10-16)24(34)17-11-8-12-30(17)23(33)14(2)27/h13-14,16-17,28H,4-12,27H2,1-3H3/t14-,17-/m0/s1. The number of carbonyl (C=O) groups excluding carboxylic acids is 4. The Hall–Kier alpha value is -2.63. The molecule has 37 heavy (non-hydrogen) atoms. The highest BCUT2D eigenvalue weighted by Crippen LogP contribution is 2.36. The number of hydrogen-bond donors (Lipinski definition) is 2. The predicted octanol–water partition coefficient (Wildman–Crippen LogP) is 3.31. The molecule has 0 spiro atoms. The molecule has 3 N–H and O–H groups in total. The molecule has 10 nitrogen and oxygen atoms in total. The number of imide groups is 1. The van der Waals surface area contributed by atoms with Crippen molar-refractivity contribution in [2.24, 2.45) is 10.7 Å². The Bertz CT molecular complexity index is 1100.